The van der Waals surface area contributed by atoms with Crippen LogP contribution in [0.2, 0.25) is 0 Å². The van der Waals surface area contributed by atoms with Gasteiger partial charge in [0, 0.05) is 24.1 Å². The maximum Gasteiger partial charge on any atom is 0.143 e. The van der Waals surface area contributed by atoms with E-state index in [1.807, 2.05) is 41.8 Å². The van der Waals surface area contributed by atoms with Crippen molar-refractivity contribution in [2.45, 2.75) is 47.1 Å². The maximum atomic E-state index is 11.8. The summed E-state index contributed by atoms with van der Waals surface area (Å²) in [5, 5.41) is 0. The van der Waals surface area contributed by atoms with E-state index in [4.69, 9.17) is 0 Å². The first-order valence-corrected chi connectivity index (χ1v) is 5.84. The first kappa shape index (κ1) is 15.3. The second kappa shape index (κ2) is 6.14. The Labute approximate surface area is 99.9 Å². The number of carbonyl (C=O) groups excluding carboxylic acids is 1. The number of nitrogens with zero attached hydrogens (tertiary/aromatic N) is 2. The van der Waals surface area contributed by atoms with Crippen LogP contribution in [0.4, 0.5) is 0 Å². The molecular weight excluding hydrogens is 200 g/mol. The lowest BCUT2D eigenvalue weighted by atomic mass is 9.88. The lowest BCUT2D eigenvalue weighted by molar-refractivity contribution is -0.125. The maximum absolute atomic E-state index is 11.8. The Morgan fingerprint density at radius 3 is 2.19 bits per heavy atom. The fourth-order valence-electron chi connectivity index (χ4n) is 1.49. The Balaban J connectivity index is 4.30. The van der Waals surface area contributed by atoms with E-state index in [9.17, 15) is 4.79 Å². The van der Waals surface area contributed by atoms with Crippen LogP contribution < -0.4 is 0 Å². The molecule has 0 radical (unpaired) electrons. The van der Waals surface area contributed by atoms with Crippen molar-refractivity contribution in [3.8, 4) is 0 Å². The third kappa shape index (κ3) is 6.72. The molecule has 0 aromatic heterocycles. The number of likely N-dealkylation sites (N-methyl/N-ethyl adjacent to an activating group) is 1. The predicted octanol–water partition coefficient (Wildman–Crippen LogP) is 2.40. The second-order valence-electron chi connectivity index (χ2n) is 5.83. The summed E-state index contributed by atoms with van der Waals surface area (Å²) in [6.07, 6.45) is 0.473. The Kier molecular flexibility index (Phi) is 5.87. The summed E-state index contributed by atoms with van der Waals surface area (Å²) < 4.78 is 0. The minimum absolute atomic E-state index is 0.253. The number of ketones is 1. The molecule has 1 atom stereocenters. The third-order valence-corrected chi connectivity index (χ3v) is 2.32. The van der Waals surface area contributed by atoms with Gasteiger partial charge in [0.2, 0.25) is 0 Å². The highest BCUT2D eigenvalue weighted by Gasteiger charge is 2.21. The van der Waals surface area contributed by atoms with Crippen LogP contribution in [-0.4, -0.2) is 43.1 Å². The van der Waals surface area contributed by atoms with Gasteiger partial charge in [-0.3, -0.25) is 9.79 Å². The van der Waals surface area contributed by atoms with E-state index < -0.39 is 0 Å². The van der Waals surface area contributed by atoms with E-state index in [0.29, 0.717) is 6.42 Å². The van der Waals surface area contributed by atoms with Crippen molar-refractivity contribution in [2.24, 2.45) is 10.4 Å². The molecule has 3 heteroatoms. The van der Waals surface area contributed by atoms with E-state index >= 15 is 0 Å². The van der Waals surface area contributed by atoms with Gasteiger partial charge in [-0.05, 0) is 27.9 Å². The summed E-state index contributed by atoms with van der Waals surface area (Å²) in [6, 6.07) is 0.253. The Bertz CT molecular complexity index is 262. The molecule has 0 rings (SSSR count). The summed E-state index contributed by atoms with van der Waals surface area (Å²) in [5.74, 6) is 0.255. The molecule has 0 heterocycles. The van der Waals surface area contributed by atoms with E-state index in [1.54, 1.807) is 0 Å². The largest absolute Gasteiger partial charge is 0.307 e. The molecule has 3 nitrogen and oxygen atoms in total. The van der Waals surface area contributed by atoms with Crippen LogP contribution in [0.15, 0.2) is 4.99 Å². The van der Waals surface area contributed by atoms with Crippen molar-refractivity contribution in [3.63, 3.8) is 0 Å². The minimum Gasteiger partial charge on any atom is -0.307 e. The zero-order valence-electron chi connectivity index (χ0n) is 11.8. The topological polar surface area (TPSA) is 32.7 Å². The van der Waals surface area contributed by atoms with Crippen molar-refractivity contribution in [2.75, 3.05) is 20.6 Å². The summed E-state index contributed by atoms with van der Waals surface area (Å²) >= 11 is 0. The van der Waals surface area contributed by atoms with Crippen LogP contribution in [-0.2, 0) is 4.79 Å². The number of aliphatic imine (C=N–C) groups is 1. The molecule has 0 bridgehead atoms. The fourth-order valence-corrected chi connectivity index (χ4v) is 1.49. The molecule has 0 saturated carbocycles. The third-order valence-electron chi connectivity index (χ3n) is 2.32. The highest BCUT2D eigenvalue weighted by molar-refractivity contribution is 6.02. The summed E-state index contributed by atoms with van der Waals surface area (Å²) in [7, 11) is 4.06. The predicted molar refractivity (Wildman–Crippen MR) is 70.2 cm³/mol. The minimum atomic E-state index is -0.262. The summed E-state index contributed by atoms with van der Waals surface area (Å²) in [6.45, 7) is 10.8. The van der Waals surface area contributed by atoms with Crippen molar-refractivity contribution in [3.05, 3.63) is 0 Å². The van der Waals surface area contributed by atoms with Crippen molar-refractivity contribution < 1.29 is 4.79 Å². The molecular formula is C13H26N2O. The van der Waals surface area contributed by atoms with Gasteiger partial charge >= 0.3 is 0 Å². The van der Waals surface area contributed by atoms with Crippen LogP contribution in [0.25, 0.3) is 0 Å². The fraction of sp³-hybridized carbons (Fsp3) is 0.846. The molecule has 0 aliphatic rings. The smallest absolute Gasteiger partial charge is 0.143 e. The lowest BCUT2D eigenvalue weighted by Crippen LogP contribution is -2.25. The van der Waals surface area contributed by atoms with Gasteiger partial charge in [0.1, 0.15) is 5.78 Å². The standard InChI is InChI=1S/C13H26N2O/c1-10(8-12(16)13(3,4)5)14-11(2)9-15(6)7/h11H,8-9H2,1-7H3. The SMILES string of the molecule is CC(CC(=O)C(C)(C)C)=NC(C)CN(C)C. The highest BCUT2D eigenvalue weighted by atomic mass is 16.1. The molecule has 0 amide bonds. The Hall–Kier alpha value is -0.700. The lowest BCUT2D eigenvalue weighted by Gasteiger charge is -2.17. The second-order valence-corrected chi connectivity index (χ2v) is 5.83. The van der Waals surface area contributed by atoms with Gasteiger partial charge in [0.05, 0.1) is 6.04 Å². The van der Waals surface area contributed by atoms with Crippen LogP contribution >= 0.6 is 0 Å². The van der Waals surface area contributed by atoms with Crippen LogP contribution in [0.3, 0.4) is 0 Å². The normalized spacial score (nSPS) is 15.4. The quantitative estimate of drug-likeness (QED) is 0.674. The van der Waals surface area contributed by atoms with Gasteiger partial charge in [-0.2, -0.15) is 0 Å². The van der Waals surface area contributed by atoms with Gasteiger partial charge in [0.15, 0.2) is 0 Å². The highest BCUT2D eigenvalue weighted by Crippen LogP contribution is 2.17. The molecule has 16 heavy (non-hydrogen) atoms. The van der Waals surface area contributed by atoms with Crippen LogP contribution in [0.1, 0.15) is 41.0 Å². The molecule has 94 valence electrons. The monoisotopic (exact) mass is 226 g/mol. The van der Waals surface area contributed by atoms with Gasteiger partial charge in [0.25, 0.3) is 0 Å². The van der Waals surface area contributed by atoms with Gasteiger partial charge in [-0.25, -0.2) is 0 Å². The first-order valence-electron chi connectivity index (χ1n) is 5.84. The zero-order chi connectivity index (χ0) is 12.9. The molecule has 0 aliphatic heterocycles. The van der Waals surface area contributed by atoms with Crippen molar-refractivity contribution in [1.29, 1.82) is 0 Å². The summed E-state index contributed by atoms with van der Waals surface area (Å²) in [4.78, 5) is 18.4. The number of hydrogen-bond acceptors (Lipinski definition) is 3. The number of hydrogen-bond donors (Lipinski definition) is 0. The molecule has 0 spiro atoms. The van der Waals surface area contributed by atoms with Crippen LogP contribution in [0.5, 0.6) is 0 Å². The van der Waals surface area contributed by atoms with E-state index in [1.165, 1.54) is 0 Å². The molecule has 1 unspecified atom stereocenters. The average Bonchev–Trinajstić information content (AvgIpc) is 1.98. The number of Topliss-reactive ketones (excluding diaryl/α,β-unsaturated/α-hetero) is 1. The van der Waals surface area contributed by atoms with E-state index in [0.717, 1.165) is 12.3 Å². The number of carbonyl (C=O) groups is 1. The molecule has 0 aromatic rings. The van der Waals surface area contributed by atoms with Crippen LogP contribution in [0, 0.1) is 5.41 Å². The van der Waals surface area contributed by atoms with Gasteiger partial charge in [-0.15, -0.1) is 0 Å². The molecule has 0 fully saturated rings. The van der Waals surface area contributed by atoms with Gasteiger partial charge in [-0.1, -0.05) is 20.8 Å². The summed E-state index contributed by atoms with van der Waals surface area (Å²) in [5.41, 5.74) is 0.677. The molecule has 0 saturated heterocycles. The number of rotatable bonds is 5. The van der Waals surface area contributed by atoms with Gasteiger partial charge < -0.3 is 4.90 Å². The first-order chi connectivity index (χ1) is 7.12. The van der Waals surface area contributed by atoms with Crippen molar-refractivity contribution >= 4 is 11.5 Å². The molecule has 0 aromatic carbocycles. The Morgan fingerprint density at radius 2 is 1.81 bits per heavy atom. The molecule has 0 aliphatic carbocycles. The molecule has 0 N–H and O–H groups in total. The van der Waals surface area contributed by atoms with E-state index in [-0.39, 0.29) is 17.2 Å². The van der Waals surface area contributed by atoms with E-state index in [2.05, 4.69) is 16.8 Å². The Morgan fingerprint density at radius 1 is 1.31 bits per heavy atom. The zero-order valence-corrected chi connectivity index (χ0v) is 11.8. The van der Waals surface area contributed by atoms with Crippen molar-refractivity contribution in [1.82, 2.24) is 4.90 Å². The average molecular weight is 226 g/mol.